The molecule has 3 heteroatoms. The summed E-state index contributed by atoms with van der Waals surface area (Å²) in [6.07, 6.45) is 0.934. The Morgan fingerprint density at radius 1 is 1.10 bits per heavy atom. The Bertz CT molecular complexity index is 644. The smallest absolute Gasteiger partial charge is 0.255 e. The first-order valence-corrected chi connectivity index (χ1v) is 7.60. The molecule has 0 aliphatic rings. The molecule has 21 heavy (non-hydrogen) atoms. The van der Waals surface area contributed by atoms with Gasteiger partial charge < -0.3 is 10.3 Å². The molecule has 2 N–H and O–H groups in total. The Hall–Kier alpha value is -1.87. The molecule has 112 valence electrons. The number of aromatic nitrogens is 1. The van der Waals surface area contributed by atoms with Crippen LogP contribution in [0.1, 0.15) is 56.0 Å². The molecular formula is C18H24N2O. The third kappa shape index (κ3) is 3.24. The second kappa shape index (κ2) is 6.72. The van der Waals surface area contributed by atoms with Crippen molar-refractivity contribution in [2.45, 2.75) is 45.7 Å². The lowest BCUT2D eigenvalue weighted by Gasteiger charge is -2.19. The van der Waals surface area contributed by atoms with Crippen LogP contribution in [0.5, 0.6) is 0 Å². The quantitative estimate of drug-likeness (QED) is 0.914. The largest absolute Gasteiger partial charge is 0.320 e. The second-order valence-electron chi connectivity index (χ2n) is 5.71. The average molecular weight is 284 g/mol. The van der Waals surface area contributed by atoms with Crippen molar-refractivity contribution in [1.29, 1.82) is 0 Å². The number of rotatable bonds is 5. The minimum atomic E-state index is -0.372. The average Bonchev–Trinajstić information content (AvgIpc) is 2.49. The summed E-state index contributed by atoms with van der Waals surface area (Å²) in [6, 6.07) is 13.3. The summed E-state index contributed by atoms with van der Waals surface area (Å²) < 4.78 is 1.88. The highest BCUT2D eigenvalue weighted by molar-refractivity contribution is 5.31. The van der Waals surface area contributed by atoms with E-state index in [0.717, 1.165) is 24.2 Å². The van der Waals surface area contributed by atoms with E-state index in [1.807, 2.05) is 47.0 Å². The molecule has 1 heterocycles. The van der Waals surface area contributed by atoms with E-state index >= 15 is 0 Å². The third-order valence-corrected chi connectivity index (χ3v) is 3.77. The lowest BCUT2D eigenvalue weighted by atomic mass is 9.99. The molecule has 1 unspecified atom stereocenters. The van der Waals surface area contributed by atoms with Crippen molar-refractivity contribution in [2.75, 3.05) is 0 Å². The molecule has 0 fully saturated rings. The Labute approximate surface area is 126 Å². The van der Waals surface area contributed by atoms with Gasteiger partial charge >= 0.3 is 0 Å². The number of pyridine rings is 1. The van der Waals surface area contributed by atoms with Gasteiger partial charge in [-0.3, -0.25) is 4.79 Å². The first-order valence-electron chi connectivity index (χ1n) is 7.60. The molecule has 0 saturated heterocycles. The van der Waals surface area contributed by atoms with Crippen molar-refractivity contribution in [2.24, 2.45) is 5.73 Å². The molecule has 3 nitrogen and oxygen atoms in total. The molecule has 1 aromatic heterocycles. The van der Waals surface area contributed by atoms with Crippen LogP contribution in [0.2, 0.25) is 0 Å². The van der Waals surface area contributed by atoms with Gasteiger partial charge in [-0.2, -0.15) is 0 Å². The van der Waals surface area contributed by atoms with E-state index in [2.05, 4.69) is 20.8 Å². The van der Waals surface area contributed by atoms with Crippen LogP contribution in [-0.2, 0) is 6.54 Å². The highest BCUT2D eigenvalue weighted by Gasteiger charge is 2.16. The van der Waals surface area contributed by atoms with Crippen molar-refractivity contribution in [3.63, 3.8) is 0 Å². The maximum Gasteiger partial charge on any atom is 0.255 e. The van der Waals surface area contributed by atoms with E-state index < -0.39 is 0 Å². The maximum absolute atomic E-state index is 12.8. The monoisotopic (exact) mass is 284 g/mol. The van der Waals surface area contributed by atoms with Crippen LogP contribution in [0, 0.1) is 0 Å². The van der Waals surface area contributed by atoms with Gasteiger partial charge in [-0.1, -0.05) is 51.1 Å². The molecule has 0 bridgehead atoms. The van der Waals surface area contributed by atoms with Crippen LogP contribution in [-0.4, -0.2) is 4.57 Å². The fourth-order valence-corrected chi connectivity index (χ4v) is 2.64. The SMILES string of the molecule is CCCn1c(C(C)C)ccc(C(N)c2ccccc2)c1=O. The van der Waals surface area contributed by atoms with Gasteiger partial charge in [0, 0.05) is 17.8 Å². The first kappa shape index (κ1) is 15.5. The highest BCUT2D eigenvalue weighted by atomic mass is 16.1. The number of benzene rings is 1. The van der Waals surface area contributed by atoms with Crippen molar-refractivity contribution in [3.05, 3.63) is 69.6 Å². The van der Waals surface area contributed by atoms with E-state index in [1.165, 1.54) is 0 Å². The third-order valence-electron chi connectivity index (χ3n) is 3.77. The van der Waals surface area contributed by atoms with Crippen LogP contribution in [0.4, 0.5) is 0 Å². The number of nitrogens with two attached hydrogens (primary N) is 1. The van der Waals surface area contributed by atoms with Crippen molar-refractivity contribution < 1.29 is 0 Å². The topological polar surface area (TPSA) is 48.0 Å². The summed E-state index contributed by atoms with van der Waals surface area (Å²) in [7, 11) is 0. The van der Waals surface area contributed by atoms with Gasteiger partial charge in [-0.15, -0.1) is 0 Å². The molecule has 2 rings (SSSR count). The Balaban J connectivity index is 2.51. The predicted molar refractivity (Wildman–Crippen MR) is 87.6 cm³/mol. The molecule has 1 atom stereocenters. The molecule has 0 amide bonds. The van der Waals surface area contributed by atoms with Crippen molar-refractivity contribution in [3.8, 4) is 0 Å². The van der Waals surface area contributed by atoms with Crippen LogP contribution in [0.15, 0.2) is 47.3 Å². The van der Waals surface area contributed by atoms with Crippen molar-refractivity contribution >= 4 is 0 Å². The van der Waals surface area contributed by atoms with E-state index in [4.69, 9.17) is 5.73 Å². The Kier molecular flexibility index (Phi) is 4.97. The standard InChI is InChI=1S/C18H24N2O/c1-4-12-20-16(13(2)3)11-10-15(18(20)21)17(19)14-8-6-5-7-9-14/h5-11,13,17H,4,12,19H2,1-3H3. The number of hydrogen-bond acceptors (Lipinski definition) is 2. The minimum absolute atomic E-state index is 0.0411. The highest BCUT2D eigenvalue weighted by Crippen LogP contribution is 2.19. The Morgan fingerprint density at radius 3 is 2.33 bits per heavy atom. The fourth-order valence-electron chi connectivity index (χ4n) is 2.64. The molecule has 2 aromatic rings. The zero-order chi connectivity index (χ0) is 15.4. The summed E-state index contributed by atoms with van der Waals surface area (Å²) in [5.41, 5.74) is 9.04. The number of hydrogen-bond donors (Lipinski definition) is 1. The van der Waals surface area contributed by atoms with Crippen LogP contribution in [0.25, 0.3) is 0 Å². The minimum Gasteiger partial charge on any atom is -0.320 e. The fraction of sp³-hybridized carbons (Fsp3) is 0.389. The molecule has 0 spiro atoms. The molecule has 0 aliphatic heterocycles. The van der Waals surface area contributed by atoms with Gasteiger partial charge in [-0.25, -0.2) is 0 Å². The van der Waals surface area contributed by atoms with Crippen LogP contribution >= 0.6 is 0 Å². The second-order valence-corrected chi connectivity index (χ2v) is 5.71. The van der Waals surface area contributed by atoms with Gasteiger partial charge in [0.25, 0.3) is 5.56 Å². The van der Waals surface area contributed by atoms with E-state index in [9.17, 15) is 4.79 Å². The molecule has 0 saturated carbocycles. The summed E-state index contributed by atoms with van der Waals surface area (Å²) in [4.78, 5) is 12.8. The molecule has 0 aliphatic carbocycles. The van der Waals surface area contributed by atoms with E-state index in [0.29, 0.717) is 11.5 Å². The summed E-state index contributed by atoms with van der Waals surface area (Å²) in [6.45, 7) is 7.04. The number of nitrogens with zero attached hydrogens (tertiary/aromatic N) is 1. The lowest BCUT2D eigenvalue weighted by Crippen LogP contribution is -2.31. The summed E-state index contributed by atoms with van der Waals surface area (Å²) >= 11 is 0. The molecule has 0 radical (unpaired) electrons. The summed E-state index contributed by atoms with van der Waals surface area (Å²) in [5.74, 6) is 0.325. The van der Waals surface area contributed by atoms with Gasteiger partial charge in [-0.05, 0) is 30.0 Å². The van der Waals surface area contributed by atoms with Gasteiger partial charge in [0.05, 0.1) is 6.04 Å². The zero-order valence-corrected chi connectivity index (χ0v) is 13.0. The van der Waals surface area contributed by atoms with Gasteiger partial charge in [0.2, 0.25) is 0 Å². The maximum atomic E-state index is 12.8. The van der Waals surface area contributed by atoms with E-state index in [-0.39, 0.29) is 11.6 Å². The Morgan fingerprint density at radius 2 is 1.76 bits per heavy atom. The van der Waals surface area contributed by atoms with Crippen LogP contribution in [0.3, 0.4) is 0 Å². The lowest BCUT2D eigenvalue weighted by molar-refractivity contribution is 0.586. The van der Waals surface area contributed by atoms with Gasteiger partial charge in [0.15, 0.2) is 0 Å². The molecule has 1 aromatic carbocycles. The van der Waals surface area contributed by atoms with E-state index in [1.54, 1.807) is 0 Å². The van der Waals surface area contributed by atoms with Gasteiger partial charge in [0.1, 0.15) is 0 Å². The normalized spacial score (nSPS) is 12.6. The summed E-state index contributed by atoms with van der Waals surface area (Å²) in [5, 5.41) is 0. The van der Waals surface area contributed by atoms with Crippen molar-refractivity contribution in [1.82, 2.24) is 4.57 Å². The first-order chi connectivity index (χ1) is 10.1. The zero-order valence-electron chi connectivity index (χ0n) is 13.0. The molecular weight excluding hydrogens is 260 g/mol. The van der Waals surface area contributed by atoms with Crippen LogP contribution < -0.4 is 11.3 Å². The predicted octanol–water partition coefficient (Wildman–Crippen LogP) is 3.43.